The van der Waals surface area contributed by atoms with Gasteiger partial charge in [-0.1, -0.05) is 16.8 Å². The second kappa shape index (κ2) is 7.05. The molecule has 3 aromatic rings. The molecule has 9 heteroatoms. The predicted molar refractivity (Wildman–Crippen MR) is 98.4 cm³/mol. The minimum Gasteiger partial charge on any atom is -0.356 e. The fourth-order valence-electron chi connectivity index (χ4n) is 3.20. The number of carbonyl (C=O) groups is 1. The largest absolute Gasteiger partial charge is 0.356 e. The van der Waals surface area contributed by atoms with Crippen molar-refractivity contribution in [2.45, 2.75) is 13.0 Å². The molecule has 1 aromatic heterocycles. The summed E-state index contributed by atoms with van der Waals surface area (Å²) in [5.74, 6) is -0.132. The van der Waals surface area contributed by atoms with Crippen molar-refractivity contribution in [1.82, 2.24) is 10.1 Å². The Morgan fingerprint density at radius 1 is 1.25 bits per heavy atom. The van der Waals surface area contributed by atoms with E-state index in [0.717, 1.165) is 5.56 Å². The first kappa shape index (κ1) is 18.1. The van der Waals surface area contributed by atoms with Crippen molar-refractivity contribution < 1.29 is 18.6 Å². The summed E-state index contributed by atoms with van der Waals surface area (Å²) in [6.45, 7) is 0.618. The summed E-state index contributed by atoms with van der Waals surface area (Å²) in [4.78, 5) is 24.7. The first-order valence-corrected chi connectivity index (χ1v) is 8.78. The Morgan fingerprint density at radius 3 is 2.71 bits per heavy atom. The van der Waals surface area contributed by atoms with Gasteiger partial charge in [0.2, 0.25) is 0 Å². The third-order valence-corrected chi connectivity index (χ3v) is 4.94. The summed E-state index contributed by atoms with van der Waals surface area (Å²) >= 11 is 5.81. The highest BCUT2D eigenvalue weighted by Gasteiger charge is 2.28. The Balaban J connectivity index is 1.58. The fraction of sp³-hybridized carbons (Fsp3) is 0.158. The van der Waals surface area contributed by atoms with Crippen LogP contribution in [-0.4, -0.2) is 27.4 Å². The van der Waals surface area contributed by atoms with E-state index in [4.69, 9.17) is 16.1 Å². The van der Waals surface area contributed by atoms with Crippen LogP contribution in [0.15, 0.2) is 47.0 Å². The molecule has 142 valence electrons. The van der Waals surface area contributed by atoms with Crippen molar-refractivity contribution in [3.63, 3.8) is 0 Å². The van der Waals surface area contributed by atoms with Crippen LogP contribution in [0.3, 0.4) is 0 Å². The zero-order valence-corrected chi connectivity index (χ0v) is 15.1. The number of benzene rings is 2. The normalized spacial score (nSPS) is 13.3. The van der Waals surface area contributed by atoms with Crippen LogP contribution in [0.2, 0.25) is 5.02 Å². The van der Waals surface area contributed by atoms with Crippen LogP contribution in [0.25, 0.3) is 11.3 Å². The summed E-state index contributed by atoms with van der Waals surface area (Å²) in [6.07, 6.45) is 0.507. The second-order valence-electron chi connectivity index (χ2n) is 6.34. The molecule has 28 heavy (non-hydrogen) atoms. The van der Waals surface area contributed by atoms with E-state index in [1.165, 1.54) is 30.3 Å². The van der Waals surface area contributed by atoms with Crippen LogP contribution < -0.4 is 0 Å². The van der Waals surface area contributed by atoms with Crippen LogP contribution in [0.1, 0.15) is 21.6 Å². The van der Waals surface area contributed by atoms with Crippen LogP contribution in [0.4, 0.5) is 10.1 Å². The minimum atomic E-state index is -0.625. The standard InChI is InChI=1S/C19H13ClFN3O4/c20-15-6-3-12(9-17(15)24(26)27)19(25)23-8-7-14-16(10-23)22-28-18(14)11-1-4-13(21)5-2-11/h1-6,9H,7-8,10H2. The lowest BCUT2D eigenvalue weighted by atomic mass is 10.00. The first-order chi connectivity index (χ1) is 13.4. The second-order valence-corrected chi connectivity index (χ2v) is 6.75. The number of nitro benzene ring substituents is 1. The molecule has 0 aliphatic carbocycles. The molecule has 1 aliphatic rings. The maximum atomic E-state index is 13.1. The van der Waals surface area contributed by atoms with Crippen LogP contribution in [0.5, 0.6) is 0 Å². The highest BCUT2D eigenvalue weighted by atomic mass is 35.5. The Kier molecular flexibility index (Phi) is 4.56. The van der Waals surface area contributed by atoms with Crippen molar-refractivity contribution in [2.75, 3.05) is 6.54 Å². The van der Waals surface area contributed by atoms with Crippen molar-refractivity contribution in [3.05, 3.63) is 80.2 Å². The van der Waals surface area contributed by atoms with E-state index >= 15 is 0 Å². The maximum absolute atomic E-state index is 13.1. The zero-order chi connectivity index (χ0) is 19.8. The topological polar surface area (TPSA) is 89.5 Å². The average Bonchev–Trinajstić information content (AvgIpc) is 3.11. The van der Waals surface area contributed by atoms with Crippen LogP contribution in [-0.2, 0) is 13.0 Å². The van der Waals surface area contributed by atoms with Gasteiger partial charge in [0.15, 0.2) is 5.76 Å². The number of hydrogen-bond donors (Lipinski definition) is 0. The lowest BCUT2D eigenvalue weighted by Gasteiger charge is -2.26. The molecule has 0 saturated carbocycles. The molecule has 2 aromatic carbocycles. The summed E-state index contributed by atoms with van der Waals surface area (Å²) in [6, 6.07) is 9.88. The van der Waals surface area contributed by atoms with Gasteiger partial charge in [-0.2, -0.15) is 0 Å². The lowest BCUT2D eigenvalue weighted by molar-refractivity contribution is -0.384. The number of fused-ring (bicyclic) bond motifs is 1. The molecule has 1 aliphatic heterocycles. The summed E-state index contributed by atoms with van der Waals surface area (Å²) in [7, 11) is 0. The molecule has 0 atom stereocenters. The number of rotatable bonds is 3. The van der Waals surface area contributed by atoms with Crippen molar-refractivity contribution in [1.29, 1.82) is 0 Å². The maximum Gasteiger partial charge on any atom is 0.288 e. The van der Waals surface area contributed by atoms with Gasteiger partial charge in [0, 0.05) is 29.3 Å². The highest BCUT2D eigenvalue weighted by molar-refractivity contribution is 6.32. The molecule has 0 fully saturated rings. The molecule has 0 unspecified atom stereocenters. The molecule has 2 heterocycles. The number of amides is 1. The van der Waals surface area contributed by atoms with Gasteiger partial charge in [-0.3, -0.25) is 14.9 Å². The Labute approximate surface area is 163 Å². The number of aromatic nitrogens is 1. The van der Waals surface area contributed by atoms with E-state index < -0.39 is 4.92 Å². The molecule has 7 nitrogen and oxygen atoms in total. The van der Waals surface area contributed by atoms with Crippen LogP contribution in [0, 0.1) is 15.9 Å². The SMILES string of the molecule is O=C(c1ccc(Cl)c([N+](=O)[O-])c1)N1CCc2c(noc2-c2ccc(F)cc2)C1. The molecule has 0 bridgehead atoms. The van der Waals surface area contributed by atoms with E-state index in [9.17, 15) is 19.3 Å². The van der Waals surface area contributed by atoms with Crippen molar-refractivity contribution >= 4 is 23.2 Å². The summed E-state index contributed by atoms with van der Waals surface area (Å²) in [5.41, 5.74) is 2.07. The molecule has 0 spiro atoms. The van der Waals surface area contributed by atoms with Gasteiger partial charge in [0.25, 0.3) is 11.6 Å². The first-order valence-electron chi connectivity index (χ1n) is 8.40. The fourth-order valence-corrected chi connectivity index (χ4v) is 3.39. The van der Waals surface area contributed by atoms with Crippen LogP contribution >= 0.6 is 11.6 Å². The van der Waals surface area contributed by atoms with Gasteiger partial charge >= 0.3 is 0 Å². The van der Waals surface area contributed by atoms with Gasteiger partial charge < -0.3 is 9.42 Å². The predicted octanol–water partition coefficient (Wildman–Crippen LogP) is 4.24. The Hall–Kier alpha value is -3.26. The Morgan fingerprint density at radius 2 is 2.00 bits per heavy atom. The van der Waals surface area contributed by atoms with Gasteiger partial charge in [0.1, 0.15) is 16.5 Å². The number of nitrogens with zero attached hydrogens (tertiary/aromatic N) is 3. The summed E-state index contributed by atoms with van der Waals surface area (Å²) in [5, 5.41) is 15.1. The van der Waals surface area contributed by atoms with Crippen molar-refractivity contribution in [3.8, 4) is 11.3 Å². The van der Waals surface area contributed by atoms with Gasteiger partial charge in [-0.05, 0) is 42.8 Å². The molecule has 4 rings (SSSR count). The molecular weight excluding hydrogens is 389 g/mol. The average molecular weight is 402 g/mol. The van der Waals surface area contributed by atoms with Gasteiger partial charge in [0.05, 0.1) is 11.5 Å². The third kappa shape index (κ3) is 3.22. The number of halogens is 2. The number of hydrogen-bond acceptors (Lipinski definition) is 5. The highest BCUT2D eigenvalue weighted by Crippen LogP contribution is 2.31. The quantitative estimate of drug-likeness (QED) is 0.483. The van der Waals surface area contributed by atoms with E-state index in [0.29, 0.717) is 30.0 Å². The molecule has 1 amide bonds. The minimum absolute atomic E-state index is 0.0251. The van der Waals surface area contributed by atoms with E-state index in [-0.39, 0.29) is 34.5 Å². The van der Waals surface area contributed by atoms with Crippen molar-refractivity contribution in [2.24, 2.45) is 0 Å². The van der Waals surface area contributed by atoms with E-state index in [2.05, 4.69) is 5.16 Å². The Bertz CT molecular complexity index is 1080. The van der Waals surface area contributed by atoms with E-state index in [1.54, 1.807) is 17.0 Å². The number of nitro groups is 1. The molecular formula is C19H13ClFN3O4. The lowest BCUT2D eigenvalue weighted by Crippen LogP contribution is -2.36. The number of carbonyl (C=O) groups excluding carboxylic acids is 1. The van der Waals surface area contributed by atoms with Gasteiger partial charge in [-0.15, -0.1) is 0 Å². The van der Waals surface area contributed by atoms with Gasteiger partial charge in [-0.25, -0.2) is 4.39 Å². The monoisotopic (exact) mass is 401 g/mol. The summed E-state index contributed by atoms with van der Waals surface area (Å²) < 4.78 is 18.6. The van der Waals surface area contributed by atoms with E-state index in [1.807, 2.05) is 0 Å². The molecule has 0 radical (unpaired) electrons. The smallest absolute Gasteiger partial charge is 0.288 e. The molecule has 0 N–H and O–H groups in total. The third-order valence-electron chi connectivity index (χ3n) is 4.63. The molecule has 0 saturated heterocycles. The zero-order valence-electron chi connectivity index (χ0n) is 14.4.